The van der Waals surface area contributed by atoms with E-state index in [1.807, 2.05) is 29.7 Å². The third-order valence-electron chi connectivity index (χ3n) is 5.66. The fourth-order valence-electron chi connectivity index (χ4n) is 3.83. The molecule has 0 spiro atoms. The summed E-state index contributed by atoms with van der Waals surface area (Å²) in [6.07, 6.45) is -0.438. The Hall–Kier alpha value is -2.54. The molecule has 4 rings (SSSR count). The molecule has 2 aromatic carbocycles. The van der Waals surface area contributed by atoms with Crippen molar-refractivity contribution in [1.29, 1.82) is 0 Å². The molecule has 0 atom stereocenters. The van der Waals surface area contributed by atoms with Gasteiger partial charge in [-0.1, -0.05) is 27.3 Å². The van der Waals surface area contributed by atoms with Gasteiger partial charge < -0.3 is 14.2 Å². The van der Waals surface area contributed by atoms with Crippen LogP contribution in [-0.2, 0) is 21.3 Å². The number of carbonyl (C=O) groups excluding carboxylic acids is 2. The van der Waals surface area contributed by atoms with Crippen molar-refractivity contribution in [3.05, 3.63) is 57.3 Å². The molecule has 1 aliphatic rings. The van der Waals surface area contributed by atoms with Crippen molar-refractivity contribution in [3.63, 3.8) is 0 Å². The number of rotatable bonds is 5. The maximum absolute atomic E-state index is 13.0. The van der Waals surface area contributed by atoms with Crippen molar-refractivity contribution in [1.82, 2.24) is 13.8 Å². The number of hydrogen-bond donors (Lipinski definition) is 0. The van der Waals surface area contributed by atoms with Crippen LogP contribution in [0.15, 0.2) is 56.8 Å². The Labute approximate surface area is 215 Å². The second kappa shape index (κ2) is 10.6. The minimum Gasteiger partial charge on any atom is -0.450 e. The number of piperazine rings is 1. The van der Waals surface area contributed by atoms with Gasteiger partial charge in [-0.25, -0.2) is 13.2 Å². The summed E-state index contributed by atoms with van der Waals surface area (Å²) >= 11 is 4.89. The lowest BCUT2D eigenvalue weighted by molar-refractivity contribution is 0.0933. The SMILES string of the molecule is CCOC(=O)N1CCN(S(=O)(=O)c2ccc(C(=O)N=c3sc4cc(Br)ccc4n3CC)cc2)CC1. The first-order chi connectivity index (χ1) is 16.7. The number of amides is 2. The number of fused-ring (bicyclic) bond motifs is 1. The van der Waals surface area contributed by atoms with Gasteiger partial charge in [0.25, 0.3) is 5.91 Å². The van der Waals surface area contributed by atoms with E-state index in [-0.39, 0.29) is 37.7 Å². The van der Waals surface area contributed by atoms with Crippen molar-refractivity contribution in [2.75, 3.05) is 32.8 Å². The fourth-order valence-corrected chi connectivity index (χ4v) is 6.90. The Bertz CT molecular complexity index is 1420. The zero-order valence-electron chi connectivity index (χ0n) is 19.3. The largest absolute Gasteiger partial charge is 0.450 e. The monoisotopic (exact) mass is 580 g/mol. The molecule has 0 unspecified atom stereocenters. The lowest BCUT2D eigenvalue weighted by atomic mass is 10.2. The highest BCUT2D eigenvalue weighted by Crippen LogP contribution is 2.23. The molecule has 0 aliphatic carbocycles. The number of ether oxygens (including phenoxy) is 1. The number of benzene rings is 2. The average Bonchev–Trinajstić information content (AvgIpc) is 3.20. The summed E-state index contributed by atoms with van der Waals surface area (Å²) in [4.78, 5) is 31.2. The molecule has 186 valence electrons. The molecule has 1 saturated heterocycles. The van der Waals surface area contributed by atoms with Crippen molar-refractivity contribution < 1.29 is 22.7 Å². The maximum Gasteiger partial charge on any atom is 0.409 e. The number of halogens is 1. The highest BCUT2D eigenvalue weighted by molar-refractivity contribution is 9.10. The van der Waals surface area contributed by atoms with E-state index in [1.54, 1.807) is 6.92 Å². The summed E-state index contributed by atoms with van der Waals surface area (Å²) in [5.74, 6) is -0.440. The number of thiazole rings is 1. The zero-order valence-corrected chi connectivity index (χ0v) is 22.5. The number of aryl methyl sites for hydroxylation is 1. The fraction of sp³-hybridized carbons (Fsp3) is 0.348. The molecule has 0 bridgehead atoms. The molecular formula is C23H25BrN4O5S2. The van der Waals surface area contributed by atoms with Crippen molar-refractivity contribution >= 4 is 59.5 Å². The third-order valence-corrected chi connectivity index (χ3v) is 9.11. The van der Waals surface area contributed by atoms with Gasteiger partial charge in [-0.2, -0.15) is 9.30 Å². The second-order valence-electron chi connectivity index (χ2n) is 7.77. The summed E-state index contributed by atoms with van der Waals surface area (Å²) in [6.45, 7) is 5.52. The van der Waals surface area contributed by atoms with E-state index in [9.17, 15) is 18.0 Å². The molecule has 0 radical (unpaired) electrons. The minimum atomic E-state index is -3.75. The molecule has 9 nitrogen and oxygen atoms in total. The smallest absolute Gasteiger partial charge is 0.409 e. The van der Waals surface area contributed by atoms with E-state index < -0.39 is 22.0 Å². The van der Waals surface area contributed by atoms with Crippen molar-refractivity contribution in [3.8, 4) is 0 Å². The van der Waals surface area contributed by atoms with Gasteiger partial charge in [0, 0.05) is 42.8 Å². The van der Waals surface area contributed by atoms with Crippen LogP contribution in [-0.4, -0.2) is 67.0 Å². The lowest BCUT2D eigenvalue weighted by Crippen LogP contribution is -2.50. The molecule has 12 heteroatoms. The molecule has 1 aliphatic heterocycles. The summed E-state index contributed by atoms with van der Waals surface area (Å²) < 4.78 is 36.3. The van der Waals surface area contributed by atoms with Gasteiger partial charge in [-0.3, -0.25) is 4.79 Å². The Balaban J connectivity index is 1.52. The summed E-state index contributed by atoms with van der Waals surface area (Å²) in [7, 11) is -3.75. The molecule has 0 saturated carbocycles. The molecule has 3 aromatic rings. The maximum atomic E-state index is 13.0. The first-order valence-electron chi connectivity index (χ1n) is 11.1. The van der Waals surface area contributed by atoms with Crippen molar-refractivity contribution in [2.45, 2.75) is 25.3 Å². The van der Waals surface area contributed by atoms with E-state index in [0.717, 1.165) is 14.7 Å². The highest BCUT2D eigenvalue weighted by Gasteiger charge is 2.30. The quantitative estimate of drug-likeness (QED) is 0.458. The van der Waals surface area contributed by atoms with Crippen LogP contribution in [0.2, 0.25) is 0 Å². The zero-order chi connectivity index (χ0) is 25.2. The van der Waals surface area contributed by atoms with Crippen LogP contribution in [0.1, 0.15) is 24.2 Å². The highest BCUT2D eigenvalue weighted by atomic mass is 79.9. The molecular weight excluding hydrogens is 556 g/mol. The molecule has 2 heterocycles. The van der Waals surface area contributed by atoms with Crippen LogP contribution < -0.4 is 4.80 Å². The summed E-state index contributed by atoms with van der Waals surface area (Å²) in [5.41, 5.74) is 1.30. The third kappa shape index (κ3) is 5.35. The van der Waals surface area contributed by atoms with Crippen LogP contribution in [0.3, 0.4) is 0 Å². The lowest BCUT2D eigenvalue weighted by Gasteiger charge is -2.33. The Morgan fingerprint density at radius 1 is 1.06 bits per heavy atom. The van der Waals surface area contributed by atoms with Gasteiger partial charge in [0.15, 0.2) is 4.80 Å². The second-order valence-corrected chi connectivity index (χ2v) is 11.6. The van der Waals surface area contributed by atoms with E-state index in [4.69, 9.17) is 4.74 Å². The standard InChI is InChI=1S/C23H25BrN4O5S2/c1-3-28-19-10-7-17(24)15-20(19)34-22(28)25-21(29)16-5-8-18(9-6-16)35(31,32)27-13-11-26(12-14-27)23(30)33-4-2/h5-10,15H,3-4,11-14H2,1-2H3. The molecule has 35 heavy (non-hydrogen) atoms. The van der Waals surface area contributed by atoms with Crippen LogP contribution in [0.5, 0.6) is 0 Å². The summed E-state index contributed by atoms with van der Waals surface area (Å²) in [6, 6.07) is 11.7. The van der Waals surface area contributed by atoms with Gasteiger partial charge >= 0.3 is 6.09 Å². The van der Waals surface area contributed by atoms with Crippen LogP contribution in [0.25, 0.3) is 10.2 Å². The number of sulfonamides is 1. The van der Waals surface area contributed by atoms with Gasteiger partial charge in [0.05, 0.1) is 21.7 Å². The number of hydrogen-bond acceptors (Lipinski definition) is 6. The average molecular weight is 582 g/mol. The van der Waals surface area contributed by atoms with Crippen LogP contribution in [0.4, 0.5) is 4.79 Å². The summed E-state index contributed by atoms with van der Waals surface area (Å²) in [5, 5.41) is 0. The first-order valence-corrected chi connectivity index (χ1v) is 14.2. The van der Waals surface area contributed by atoms with E-state index in [2.05, 4.69) is 20.9 Å². The minimum absolute atomic E-state index is 0.0916. The predicted octanol–water partition coefficient (Wildman–Crippen LogP) is 3.69. The van der Waals surface area contributed by atoms with Crippen LogP contribution >= 0.6 is 27.3 Å². The Kier molecular flexibility index (Phi) is 7.74. The van der Waals surface area contributed by atoms with E-state index >= 15 is 0 Å². The number of nitrogens with zero attached hydrogens (tertiary/aromatic N) is 4. The first kappa shape index (κ1) is 25.5. The van der Waals surface area contributed by atoms with E-state index in [0.29, 0.717) is 16.9 Å². The van der Waals surface area contributed by atoms with Crippen molar-refractivity contribution in [2.24, 2.45) is 4.99 Å². The van der Waals surface area contributed by atoms with Gasteiger partial charge in [-0.05, 0) is 56.3 Å². The molecule has 2 amide bonds. The van der Waals surface area contributed by atoms with Crippen LogP contribution in [0, 0.1) is 0 Å². The van der Waals surface area contributed by atoms with E-state index in [1.165, 1.54) is 44.8 Å². The molecule has 1 fully saturated rings. The normalized spacial score (nSPS) is 15.5. The molecule has 0 N–H and O–H groups in total. The predicted molar refractivity (Wildman–Crippen MR) is 137 cm³/mol. The van der Waals surface area contributed by atoms with Gasteiger partial charge in [0.2, 0.25) is 10.0 Å². The molecule has 1 aromatic heterocycles. The van der Waals surface area contributed by atoms with Gasteiger partial charge in [0.1, 0.15) is 0 Å². The Morgan fingerprint density at radius 2 is 1.74 bits per heavy atom. The Morgan fingerprint density at radius 3 is 2.37 bits per heavy atom. The van der Waals surface area contributed by atoms with Gasteiger partial charge in [-0.15, -0.1) is 0 Å². The number of aromatic nitrogens is 1. The topological polar surface area (TPSA) is 101 Å². The number of carbonyl (C=O) groups is 2.